The van der Waals surface area contributed by atoms with Crippen molar-refractivity contribution in [2.45, 2.75) is 13.3 Å². The molecule has 0 radical (unpaired) electrons. The van der Waals surface area contributed by atoms with Crippen molar-refractivity contribution in [3.8, 4) is 0 Å². The summed E-state index contributed by atoms with van der Waals surface area (Å²) in [5.74, 6) is 3.23. The molecule has 1 atom stereocenters. The first kappa shape index (κ1) is 21.2. The molecule has 0 fully saturated rings. The number of carboxylic acid groups (broad SMARTS) is 2. The van der Waals surface area contributed by atoms with Crippen molar-refractivity contribution < 1.29 is 19.8 Å². The predicted molar refractivity (Wildman–Crippen MR) is 104 cm³/mol. The van der Waals surface area contributed by atoms with Gasteiger partial charge >= 0.3 is 11.9 Å². The van der Waals surface area contributed by atoms with Crippen LogP contribution in [0.15, 0.2) is 66.3 Å². The number of nitrogens with one attached hydrogen (secondary N) is 1. The van der Waals surface area contributed by atoms with E-state index in [1.165, 1.54) is 35.9 Å². The average molecular weight is 377 g/mol. The molecule has 0 saturated carbocycles. The summed E-state index contributed by atoms with van der Waals surface area (Å²) in [6, 6.07) is 14.2. The third-order valence-electron chi connectivity index (χ3n) is 4.00. The zero-order chi connectivity index (χ0) is 18.4. The number of benzene rings is 2. The van der Waals surface area contributed by atoms with E-state index in [4.69, 9.17) is 16.1 Å². The van der Waals surface area contributed by atoms with Gasteiger partial charge in [0.15, 0.2) is 0 Å². The smallest absolute Gasteiger partial charge is 0.331 e. The predicted octanol–water partition coefficient (Wildman–Crippen LogP) is 3.60. The zero-order valence-corrected chi connectivity index (χ0v) is 15.0. The van der Waals surface area contributed by atoms with E-state index in [0.29, 0.717) is 0 Å². The van der Waals surface area contributed by atoms with Crippen LogP contribution in [0.2, 0.25) is 0 Å². The molecule has 0 aliphatic heterocycles. The van der Waals surface area contributed by atoms with E-state index in [2.05, 4.69) is 17.6 Å². The van der Waals surface area contributed by atoms with E-state index in [1.807, 2.05) is 30.3 Å². The van der Waals surface area contributed by atoms with Crippen molar-refractivity contribution in [1.82, 2.24) is 0 Å². The fourth-order valence-electron chi connectivity index (χ4n) is 2.46. The summed E-state index contributed by atoms with van der Waals surface area (Å²) in [7, 11) is 0. The van der Waals surface area contributed by atoms with Crippen molar-refractivity contribution in [2.24, 2.45) is 11.3 Å². The van der Waals surface area contributed by atoms with Gasteiger partial charge in [0, 0.05) is 11.3 Å². The minimum absolute atomic E-state index is 0. The first-order valence-electron chi connectivity index (χ1n) is 7.66. The Labute approximate surface area is 157 Å². The van der Waals surface area contributed by atoms with Gasteiger partial charge in [-0.05, 0) is 36.2 Å². The Balaban J connectivity index is 0.000000251. The van der Waals surface area contributed by atoms with Crippen LogP contribution in [0.4, 0.5) is 5.69 Å². The van der Waals surface area contributed by atoms with E-state index in [9.17, 15) is 9.59 Å². The molecule has 1 unspecified atom stereocenters. The molecule has 0 saturated heterocycles. The van der Waals surface area contributed by atoms with Crippen LogP contribution >= 0.6 is 12.4 Å². The SMILES string of the molecule is CC1(C(=O)O)C=CC=C(C(=O)O)C1.Cl.NNc1ccc2ccccc2c1. The number of hydrogen-bond donors (Lipinski definition) is 4. The number of nitrogens with two attached hydrogens (primary N) is 1. The summed E-state index contributed by atoms with van der Waals surface area (Å²) in [5, 5.41) is 19.9. The molecule has 6 nitrogen and oxygen atoms in total. The summed E-state index contributed by atoms with van der Waals surface area (Å²) in [6.07, 6.45) is 4.43. The summed E-state index contributed by atoms with van der Waals surface area (Å²) in [5.41, 5.74) is 2.61. The number of hydrogen-bond acceptors (Lipinski definition) is 4. The van der Waals surface area contributed by atoms with Gasteiger partial charge in [0.25, 0.3) is 0 Å². The number of aliphatic carboxylic acids is 2. The molecular formula is C19H21ClN2O4. The maximum atomic E-state index is 10.8. The molecule has 1 aliphatic carbocycles. The molecular weight excluding hydrogens is 356 g/mol. The monoisotopic (exact) mass is 376 g/mol. The molecule has 1 aliphatic rings. The molecule has 2 aromatic carbocycles. The van der Waals surface area contributed by atoms with Crippen LogP contribution < -0.4 is 11.3 Å². The number of nitrogen functional groups attached to an aromatic ring is 1. The van der Waals surface area contributed by atoms with Crippen LogP contribution in [-0.2, 0) is 9.59 Å². The Hall–Kier alpha value is -2.83. The number of rotatable bonds is 3. The van der Waals surface area contributed by atoms with Crippen LogP contribution in [0.25, 0.3) is 10.8 Å². The lowest BCUT2D eigenvalue weighted by Gasteiger charge is -2.23. The molecule has 2 aromatic rings. The van der Waals surface area contributed by atoms with Crippen LogP contribution in [0.1, 0.15) is 13.3 Å². The molecule has 7 heteroatoms. The highest BCUT2D eigenvalue weighted by atomic mass is 35.5. The van der Waals surface area contributed by atoms with Gasteiger partial charge in [0.2, 0.25) is 0 Å². The van der Waals surface area contributed by atoms with Crippen molar-refractivity contribution >= 4 is 40.8 Å². The lowest BCUT2D eigenvalue weighted by Crippen LogP contribution is -2.28. The highest BCUT2D eigenvalue weighted by Gasteiger charge is 2.34. The van der Waals surface area contributed by atoms with E-state index < -0.39 is 17.4 Å². The van der Waals surface area contributed by atoms with E-state index in [-0.39, 0.29) is 24.4 Å². The van der Waals surface area contributed by atoms with Crippen molar-refractivity contribution in [3.05, 3.63) is 66.3 Å². The molecule has 0 heterocycles. The molecule has 3 rings (SSSR count). The summed E-state index contributed by atoms with van der Waals surface area (Å²) in [4.78, 5) is 21.3. The maximum Gasteiger partial charge on any atom is 0.331 e. The minimum atomic E-state index is -1.08. The Morgan fingerprint density at radius 1 is 1.12 bits per heavy atom. The molecule has 0 aromatic heterocycles. The Morgan fingerprint density at radius 3 is 2.35 bits per heavy atom. The molecule has 0 spiro atoms. The van der Waals surface area contributed by atoms with Crippen molar-refractivity contribution in [2.75, 3.05) is 5.43 Å². The maximum absolute atomic E-state index is 10.8. The fourth-order valence-corrected chi connectivity index (χ4v) is 2.46. The second kappa shape index (κ2) is 9.03. The standard InChI is InChI=1S/C10H10N2.C9H10O4.ClH/c11-12-10-6-5-8-3-1-2-4-9(8)7-10;1-9(8(12)13)4-2-3-6(5-9)7(10)11;/h1-7,12H,11H2;2-4H,5H2,1H3,(H,10,11)(H,12,13);1H. The van der Waals surface area contributed by atoms with Crippen LogP contribution in [0.3, 0.4) is 0 Å². The highest BCUT2D eigenvalue weighted by molar-refractivity contribution is 5.90. The number of anilines is 1. The van der Waals surface area contributed by atoms with Crippen LogP contribution in [0.5, 0.6) is 0 Å². The normalized spacial score (nSPS) is 18.0. The number of allylic oxidation sites excluding steroid dienone is 2. The van der Waals surface area contributed by atoms with Crippen LogP contribution in [-0.4, -0.2) is 22.2 Å². The van der Waals surface area contributed by atoms with Crippen molar-refractivity contribution in [1.29, 1.82) is 0 Å². The third-order valence-corrected chi connectivity index (χ3v) is 4.00. The Morgan fingerprint density at radius 2 is 1.77 bits per heavy atom. The second-order valence-electron chi connectivity index (χ2n) is 5.96. The topological polar surface area (TPSA) is 113 Å². The van der Waals surface area contributed by atoms with Gasteiger partial charge in [-0.15, -0.1) is 12.4 Å². The minimum Gasteiger partial charge on any atom is -0.481 e. The van der Waals surface area contributed by atoms with Gasteiger partial charge in [0.05, 0.1) is 5.41 Å². The summed E-state index contributed by atoms with van der Waals surface area (Å²) < 4.78 is 0. The van der Waals surface area contributed by atoms with Crippen LogP contribution in [0, 0.1) is 5.41 Å². The molecule has 5 N–H and O–H groups in total. The van der Waals surface area contributed by atoms with E-state index in [1.54, 1.807) is 0 Å². The zero-order valence-electron chi connectivity index (χ0n) is 14.2. The Kier molecular flexibility index (Phi) is 7.37. The van der Waals surface area contributed by atoms with E-state index in [0.717, 1.165) is 5.69 Å². The van der Waals surface area contributed by atoms with E-state index >= 15 is 0 Å². The van der Waals surface area contributed by atoms with Gasteiger partial charge in [-0.1, -0.05) is 48.6 Å². The number of hydrazine groups is 1. The lowest BCUT2D eigenvalue weighted by molar-refractivity contribution is -0.145. The third kappa shape index (κ3) is 5.08. The molecule has 138 valence electrons. The molecule has 0 amide bonds. The largest absolute Gasteiger partial charge is 0.481 e. The first-order chi connectivity index (χ1) is 11.9. The summed E-state index contributed by atoms with van der Waals surface area (Å²) in [6.45, 7) is 1.50. The number of carbonyl (C=O) groups is 2. The quantitative estimate of drug-likeness (QED) is 0.481. The number of carboxylic acids is 2. The summed E-state index contributed by atoms with van der Waals surface area (Å²) >= 11 is 0. The van der Waals surface area contributed by atoms with Gasteiger partial charge in [0.1, 0.15) is 0 Å². The fraction of sp³-hybridized carbons (Fsp3) is 0.158. The lowest BCUT2D eigenvalue weighted by atomic mass is 9.80. The first-order valence-corrected chi connectivity index (χ1v) is 7.66. The average Bonchev–Trinajstić information content (AvgIpc) is 2.61. The second-order valence-corrected chi connectivity index (χ2v) is 5.96. The van der Waals surface area contributed by atoms with Gasteiger partial charge in [-0.2, -0.15) is 0 Å². The highest BCUT2D eigenvalue weighted by Crippen LogP contribution is 2.31. The molecule has 0 bridgehead atoms. The number of fused-ring (bicyclic) bond motifs is 1. The Bertz CT molecular complexity index is 863. The molecule has 26 heavy (non-hydrogen) atoms. The van der Waals surface area contributed by atoms with Crippen molar-refractivity contribution in [3.63, 3.8) is 0 Å². The number of halogens is 1. The van der Waals surface area contributed by atoms with Gasteiger partial charge in [-0.25, -0.2) is 4.79 Å². The van der Waals surface area contributed by atoms with Gasteiger partial charge in [-0.3, -0.25) is 10.6 Å². The van der Waals surface area contributed by atoms with Gasteiger partial charge < -0.3 is 15.6 Å².